The van der Waals surface area contributed by atoms with Gasteiger partial charge in [-0.05, 0) is 56.9 Å². The lowest BCUT2D eigenvalue weighted by Gasteiger charge is -2.26. The molecule has 0 spiro atoms. The lowest BCUT2D eigenvalue weighted by Crippen LogP contribution is -2.18. The molecule has 0 aromatic heterocycles. The molecule has 0 aromatic carbocycles. The summed E-state index contributed by atoms with van der Waals surface area (Å²) < 4.78 is 5.81. The Kier molecular flexibility index (Phi) is 1.96. The molecule has 0 unspecified atom stereocenters. The van der Waals surface area contributed by atoms with Crippen LogP contribution in [0.15, 0.2) is 11.1 Å². The molecule has 1 saturated carbocycles. The zero-order valence-corrected chi connectivity index (χ0v) is 10.4. The summed E-state index contributed by atoms with van der Waals surface area (Å²) in [6.07, 6.45) is 5.87. The number of Topliss-reactive ketones (excluding diaryl/α,β-unsaturated/α-hetero) is 1. The highest BCUT2D eigenvalue weighted by molar-refractivity contribution is 5.94. The number of hydrogen-bond acceptors (Lipinski definition) is 2. The molecule has 1 saturated heterocycles. The number of carbonyl (C=O) groups is 1. The zero-order chi connectivity index (χ0) is 11.6. The third kappa shape index (κ3) is 1.32. The highest BCUT2D eigenvalue weighted by Crippen LogP contribution is 2.58. The minimum Gasteiger partial charge on any atom is -0.366 e. The average Bonchev–Trinajstić information content (AvgIpc) is 2.68. The Morgan fingerprint density at radius 2 is 2.06 bits per heavy atom. The van der Waals surface area contributed by atoms with Crippen LogP contribution in [0.1, 0.15) is 52.9 Å². The topological polar surface area (TPSA) is 29.6 Å². The first-order chi connectivity index (χ1) is 7.45. The Morgan fingerprint density at radius 1 is 1.31 bits per heavy atom. The quantitative estimate of drug-likeness (QED) is 0.636. The van der Waals surface area contributed by atoms with Gasteiger partial charge >= 0.3 is 0 Å². The Morgan fingerprint density at radius 3 is 2.75 bits per heavy atom. The summed E-state index contributed by atoms with van der Waals surface area (Å²) in [7, 11) is 0. The second-order valence-electron chi connectivity index (χ2n) is 6.20. The molecule has 3 aliphatic rings. The van der Waals surface area contributed by atoms with E-state index in [1.54, 1.807) is 6.92 Å². The third-order valence-electron chi connectivity index (χ3n) is 4.99. The average molecular weight is 220 g/mol. The van der Waals surface area contributed by atoms with Gasteiger partial charge in [-0.25, -0.2) is 0 Å². The van der Waals surface area contributed by atoms with Gasteiger partial charge in [0.15, 0.2) is 5.78 Å². The van der Waals surface area contributed by atoms with Gasteiger partial charge in [-0.2, -0.15) is 0 Å². The lowest BCUT2D eigenvalue weighted by molar-refractivity contribution is -0.113. The van der Waals surface area contributed by atoms with Crippen LogP contribution in [0.2, 0.25) is 0 Å². The second-order valence-corrected chi connectivity index (χ2v) is 6.20. The molecule has 2 fully saturated rings. The largest absolute Gasteiger partial charge is 0.366 e. The molecule has 2 heteroatoms. The summed E-state index contributed by atoms with van der Waals surface area (Å²) in [5.41, 5.74) is 2.96. The Hall–Kier alpha value is -0.630. The predicted molar refractivity (Wildman–Crippen MR) is 62.2 cm³/mol. The maximum atomic E-state index is 11.6. The maximum Gasteiger partial charge on any atom is 0.155 e. The van der Waals surface area contributed by atoms with E-state index in [1.807, 2.05) is 0 Å². The molecule has 1 aliphatic heterocycles. The second kappa shape index (κ2) is 2.98. The molecular formula is C14H20O2. The fourth-order valence-electron chi connectivity index (χ4n) is 3.68. The van der Waals surface area contributed by atoms with Gasteiger partial charge < -0.3 is 4.74 Å². The predicted octanol–water partition coefficient (Wildman–Crippen LogP) is 3.01. The van der Waals surface area contributed by atoms with Gasteiger partial charge in [0, 0.05) is 0 Å². The summed E-state index contributed by atoms with van der Waals surface area (Å²) in [6, 6.07) is 0. The van der Waals surface area contributed by atoms with E-state index in [-0.39, 0.29) is 11.0 Å². The minimum absolute atomic E-state index is 0.127. The highest BCUT2D eigenvalue weighted by atomic mass is 16.6. The van der Waals surface area contributed by atoms with Crippen molar-refractivity contribution in [1.29, 1.82) is 0 Å². The first-order valence-electron chi connectivity index (χ1n) is 6.36. The van der Waals surface area contributed by atoms with Crippen LogP contribution >= 0.6 is 0 Å². The molecule has 0 bridgehead atoms. The van der Waals surface area contributed by atoms with Gasteiger partial charge in [-0.1, -0.05) is 12.5 Å². The highest BCUT2D eigenvalue weighted by Gasteiger charge is 2.58. The number of carbonyl (C=O) groups excluding carboxylic acids is 1. The molecule has 2 aliphatic carbocycles. The summed E-state index contributed by atoms with van der Waals surface area (Å²) in [6.45, 7) is 6.26. The Labute approximate surface area is 97.1 Å². The summed E-state index contributed by atoms with van der Waals surface area (Å²) in [4.78, 5) is 11.6. The zero-order valence-electron chi connectivity index (χ0n) is 10.4. The van der Waals surface area contributed by atoms with Crippen molar-refractivity contribution in [2.24, 2.45) is 5.41 Å². The molecule has 0 amide bonds. The van der Waals surface area contributed by atoms with E-state index in [0.29, 0.717) is 11.9 Å². The van der Waals surface area contributed by atoms with E-state index in [2.05, 4.69) is 13.8 Å². The number of epoxide rings is 1. The molecule has 1 heterocycles. The first-order valence-corrected chi connectivity index (χ1v) is 6.36. The summed E-state index contributed by atoms with van der Waals surface area (Å²) >= 11 is 0. The SMILES string of the molecule is CC(=O)C1=C2CC[C@@]3(C)O[C@H]3C[C@@]2(C)CC1. The Balaban J connectivity index is 1.98. The van der Waals surface area contributed by atoms with Gasteiger partial charge in [0.1, 0.15) is 0 Å². The normalized spacial score (nSPS) is 46.1. The van der Waals surface area contributed by atoms with E-state index < -0.39 is 0 Å². The molecule has 88 valence electrons. The summed E-state index contributed by atoms with van der Waals surface area (Å²) in [5, 5.41) is 0. The van der Waals surface area contributed by atoms with Crippen molar-refractivity contribution >= 4 is 5.78 Å². The smallest absolute Gasteiger partial charge is 0.155 e. The minimum atomic E-state index is 0.127. The number of ether oxygens (including phenoxy) is 1. The van der Waals surface area contributed by atoms with Crippen LogP contribution in [0.25, 0.3) is 0 Å². The first kappa shape index (κ1) is 10.5. The Bertz CT molecular complexity index is 396. The molecule has 0 N–H and O–H groups in total. The van der Waals surface area contributed by atoms with E-state index in [0.717, 1.165) is 37.7 Å². The van der Waals surface area contributed by atoms with Crippen molar-refractivity contribution in [3.63, 3.8) is 0 Å². The number of fused-ring (bicyclic) bond motifs is 2. The number of rotatable bonds is 1. The van der Waals surface area contributed by atoms with Crippen LogP contribution in [-0.4, -0.2) is 17.5 Å². The van der Waals surface area contributed by atoms with Crippen LogP contribution in [-0.2, 0) is 9.53 Å². The molecular weight excluding hydrogens is 200 g/mol. The van der Waals surface area contributed by atoms with Crippen LogP contribution < -0.4 is 0 Å². The van der Waals surface area contributed by atoms with Crippen molar-refractivity contribution in [2.45, 2.75) is 64.6 Å². The van der Waals surface area contributed by atoms with Crippen molar-refractivity contribution in [1.82, 2.24) is 0 Å². The van der Waals surface area contributed by atoms with Crippen molar-refractivity contribution in [2.75, 3.05) is 0 Å². The molecule has 3 rings (SSSR count). The number of ketones is 1. The van der Waals surface area contributed by atoms with Crippen molar-refractivity contribution in [3.05, 3.63) is 11.1 Å². The van der Waals surface area contributed by atoms with Gasteiger partial charge in [-0.15, -0.1) is 0 Å². The van der Waals surface area contributed by atoms with E-state index in [9.17, 15) is 4.79 Å². The van der Waals surface area contributed by atoms with Crippen LogP contribution in [0, 0.1) is 5.41 Å². The maximum absolute atomic E-state index is 11.6. The number of allylic oxidation sites excluding steroid dienone is 2. The van der Waals surface area contributed by atoms with Crippen LogP contribution in [0.5, 0.6) is 0 Å². The molecule has 3 atom stereocenters. The lowest BCUT2D eigenvalue weighted by atomic mass is 9.78. The van der Waals surface area contributed by atoms with Gasteiger partial charge in [0.05, 0.1) is 11.7 Å². The van der Waals surface area contributed by atoms with E-state index in [4.69, 9.17) is 4.74 Å². The fraction of sp³-hybridized carbons (Fsp3) is 0.786. The molecule has 0 aromatic rings. The third-order valence-corrected chi connectivity index (χ3v) is 4.99. The van der Waals surface area contributed by atoms with E-state index in [1.165, 1.54) is 5.57 Å². The standard InChI is InChI=1S/C14H20O2/c1-9(15)10-4-6-13(2)8-12-14(3,16-12)7-5-11(10)13/h12H,4-8H2,1-3H3/t12-,13+,14+/m0/s1. The fourth-order valence-corrected chi connectivity index (χ4v) is 3.68. The summed E-state index contributed by atoms with van der Waals surface area (Å²) in [5.74, 6) is 0.292. The van der Waals surface area contributed by atoms with Crippen LogP contribution in [0.4, 0.5) is 0 Å². The van der Waals surface area contributed by atoms with Gasteiger partial charge in [0.25, 0.3) is 0 Å². The van der Waals surface area contributed by atoms with E-state index >= 15 is 0 Å². The number of hydrogen-bond donors (Lipinski definition) is 0. The molecule has 0 radical (unpaired) electrons. The molecule has 2 nitrogen and oxygen atoms in total. The van der Waals surface area contributed by atoms with Crippen molar-refractivity contribution < 1.29 is 9.53 Å². The van der Waals surface area contributed by atoms with Gasteiger partial charge in [-0.3, -0.25) is 4.79 Å². The van der Waals surface area contributed by atoms with Gasteiger partial charge in [0.2, 0.25) is 0 Å². The van der Waals surface area contributed by atoms with Crippen LogP contribution in [0.3, 0.4) is 0 Å². The molecule has 16 heavy (non-hydrogen) atoms. The monoisotopic (exact) mass is 220 g/mol. The van der Waals surface area contributed by atoms with Crippen molar-refractivity contribution in [3.8, 4) is 0 Å².